The second-order valence-electron chi connectivity index (χ2n) is 16.3. The van der Waals surface area contributed by atoms with Crippen molar-refractivity contribution >= 4 is 65.6 Å². The van der Waals surface area contributed by atoms with E-state index in [-0.39, 0.29) is 0 Å². The van der Waals surface area contributed by atoms with E-state index in [1.807, 2.05) is 84.9 Å². The summed E-state index contributed by atoms with van der Waals surface area (Å²) >= 11 is 0. The molecule has 302 valence electrons. The summed E-state index contributed by atoms with van der Waals surface area (Å²) in [6.07, 6.45) is 0. The minimum Gasteiger partial charge on any atom is -0.455 e. The van der Waals surface area contributed by atoms with Gasteiger partial charge >= 0.3 is 0 Å². The number of hydrogen-bond acceptors (Lipinski definition) is 5. The van der Waals surface area contributed by atoms with Crippen molar-refractivity contribution in [3.05, 3.63) is 212 Å². The van der Waals surface area contributed by atoms with Crippen LogP contribution in [0.2, 0.25) is 0 Å². The molecule has 13 aromatic rings. The Balaban J connectivity index is 1.00. The van der Waals surface area contributed by atoms with Crippen LogP contribution in [0.25, 0.3) is 122 Å². The van der Waals surface area contributed by atoms with Crippen LogP contribution in [0.15, 0.2) is 211 Å². The van der Waals surface area contributed by atoms with Crippen LogP contribution in [0.3, 0.4) is 0 Å². The molecule has 7 nitrogen and oxygen atoms in total. The van der Waals surface area contributed by atoms with Gasteiger partial charge in [-0.2, -0.15) is 5.26 Å². The summed E-state index contributed by atoms with van der Waals surface area (Å²) in [6, 6.07) is 73.0. The first-order valence-corrected chi connectivity index (χ1v) is 21.6. The predicted octanol–water partition coefficient (Wildman–Crippen LogP) is 14.5. The second-order valence-corrected chi connectivity index (χ2v) is 16.3. The molecule has 0 radical (unpaired) electrons. The number of nitrogens with zero attached hydrogens (tertiary/aromatic N) is 6. The number of para-hydroxylation sites is 3. The fraction of sp³-hybridized carbons (Fsp3) is 0. The number of hydrogen-bond donors (Lipinski definition) is 0. The van der Waals surface area contributed by atoms with Gasteiger partial charge in [0.2, 0.25) is 0 Å². The number of benzene rings is 9. The lowest BCUT2D eigenvalue weighted by molar-refractivity contribution is 0.673. The van der Waals surface area contributed by atoms with Crippen molar-refractivity contribution in [2.75, 3.05) is 0 Å². The molecule has 0 spiro atoms. The van der Waals surface area contributed by atoms with Crippen molar-refractivity contribution in [2.45, 2.75) is 0 Å². The molecular formula is C58H34N6O. The summed E-state index contributed by atoms with van der Waals surface area (Å²) in [7, 11) is 0. The number of furan rings is 1. The molecule has 65 heavy (non-hydrogen) atoms. The maximum absolute atomic E-state index is 10.9. The highest BCUT2D eigenvalue weighted by atomic mass is 16.3. The molecule has 0 saturated carbocycles. The molecule has 0 unspecified atom stereocenters. The van der Waals surface area contributed by atoms with Crippen LogP contribution >= 0.6 is 0 Å². The smallest absolute Gasteiger partial charge is 0.164 e. The third-order valence-electron chi connectivity index (χ3n) is 12.6. The maximum Gasteiger partial charge on any atom is 0.164 e. The normalized spacial score (nSPS) is 11.7. The number of fused-ring (bicyclic) bond motifs is 11. The Morgan fingerprint density at radius 1 is 0.400 bits per heavy atom. The lowest BCUT2D eigenvalue weighted by Gasteiger charge is -2.13. The second kappa shape index (κ2) is 14.5. The highest BCUT2D eigenvalue weighted by molar-refractivity contribution is 6.30. The van der Waals surface area contributed by atoms with Gasteiger partial charge in [0.05, 0.1) is 44.1 Å². The van der Waals surface area contributed by atoms with Crippen molar-refractivity contribution in [3.63, 3.8) is 0 Å². The Morgan fingerprint density at radius 2 is 0.985 bits per heavy atom. The van der Waals surface area contributed by atoms with E-state index in [0.717, 1.165) is 88.4 Å². The minimum atomic E-state index is 0.479. The molecule has 0 aliphatic heterocycles. The van der Waals surface area contributed by atoms with E-state index in [0.29, 0.717) is 28.6 Å². The summed E-state index contributed by atoms with van der Waals surface area (Å²) in [5, 5.41) is 17.4. The van der Waals surface area contributed by atoms with Crippen LogP contribution in [-0.4, -0.2) is 24.1 Å². The third-order valence-corrected chi connectivity index (χ3v) is 12.6. The predicted molar refractivity (Wildman–Crippen MR) is 262 cm³/mol. The quantitative estimate of drug-likeness (QED) is 0.167. The summed E-state index contributed by atoms with van der Waals surface area (Å²) in [5.74, 6) is 1.58. The van der Waals surface area contributed by atoms with E-state index in [2.05, 4.69) is 137 Å². The molecule has 0 aliphatic carbocycles. The van der Waals surface area contributed by atoms with Crippen LogP contribution in [-0.2, 0) is 0 Å². The van der Waals surface area contributed by atoms with Gasteiger partial charge in [-0.3, -0.25) is 0 Å². The molecule has 13 rings (SSSR count). The largest absolute Gasteiger partial charge is 0.455 e. The molecule has 0 saturated heterocycles. The van der Waals surface area contributed by atoms with Crippen molar-refractivity contribution in [1.29, 1.82) is 5.26 Å². The van der Waals surface area contributed by atoms with Gasteiger partial charge in [-0.05, 0) is 83.9 Å². The number of nitriles is 1. The van der Waals surface area contributed by atoms with E-state index < -0.39 is 0 Å². The molecule has 0 amide bonds. The van der Waals surface area contributed by atoms with E-state index in [1.165, 1.54) is 10.8 Å². The van der Waals surface area contributed by atoms with E-state index in [9.17, 15) is 5.26 Å². The Bertz CT molecular complexity index is 4070. The van der Waals surface area contributed by atoms with Crippen LogP contribution in [0.5, 0.6) is 0 Å². The van der Waals surface area contributed by atoms with Crippen LogP contribution in [0.4, 0.5) is 0 Å². The average Bonchev–Trinajstić information content (AvgIpc) is 4.04. The fourth-order valence-electron chi connectivity index (χ4n) is 9.71. The Labute approximate surface area is 372 Å². The zero-order chi connectivity index (χ0) is 43.0. The first-order valence-electron chi connectivity index (χ1n) is 21.6. The highest BCUT2D eigenvalue weighted by Gasteiger charge is 2.24. The molecule has 0 bridgehead atoms. The topological polar surface area (TPSA) is 85.5 Å². The Hall–Kier alpha value is -9.12. The SMILES string of the molecule is N#Cc1cc(-c2nc(-c3ccccc3)nc(-c3cccc(-c4ccccc4)c3)n2)ccc1-n1c2ccccc2c2c3oc4ccc5c6ccccc6n(-c6ccccc6)c5c4c3ccc21. The molecule has 0 aliphatic rings. The Kier molecular flexibility index (Phi) is 8.14. The molecule has 0 N–H and O–H groups in total. The average molecular weight is 831 g/mol. The minimum absolute atomic E-state index is 0.479. The highest BCUT2D eigenvalue weighted by Crippen LogP contribution is 2.45. The van der Waals surface area contributed by atoms with Crippen molar-refractivity contribution in [3.8, 4) is 62.7 Å². The van der Waals surface area contributed by atoms with Crippen LogP contribution in [0.1, 0.15) is 5.56 Å². The molecule has 0 fully saturated rings. The summed E-state index contributed by atoms with van der Waals surface area (Å²) in [5.41, 5.74) is 12.7. The third kappa shape index (κ3) is 5.71. The Morgan fingerprint density at radius 3 is 1.72 bits per heavy atom. The van der Waals surface area contributed by atoms with Gasteiger partial charge in [0, 0.05) is 43.9 Å². The zero-order valence-corrected chi connectivity index (χ0v) is 34.7. The van der Waals surface area contributed by atoms with E-state index in [1.54, 1.807) is 0 Å². The lowest BCUT2D eigenvalue weighted by Crippen LogP contribution is -2.02. The van der Waals surface area contributed by atoms with Gasteiger partial charge in [0.25, 0.3) is 0 Å². The van der Waals surface area contributed by atoms with Gasteiger partial charge in [0.15, 0.2) is 17.5 Å². The molecular weight excluding hydrogens is 797 g/mol. The number of aromatic nitrogens is 5. The van der Waals surface area contributed by atoms with E-state index in [4.69, 9.17) is 19.4 Å². The molecule has 4 heterocycles. The molecule has 0 atom stereocenters. The van der Waals surface area contributed by atoms with E-state index >= 15 is 0 Å². The molecule has 9 aromatic carbocycles. The standard InChI is InChI=1S/C58H34N6O/c59-35-41-34-40(58-61-56(37-17-6-2-7-18-37)60-57(62-58)39-20-14-19-38(33-39)36-15-4-1-5-16-36)27-30-47(41)64-49-26-13-11-24-45(49)52-50(64)31-28-46-53-51(65-55(46)52)32-29-44-43-23-10-12-25-48(43)63(54(44)53)42-21-8-3-9-22-42/h1-34H. The van der Waals surface area contributed by atoms with Crippen LogP contribution in [0, 0.1) is 11.3 Å². The fourth-order valence-corrected chi connectivity index (χ4v) is 9.71. The van der Waals surface area contributed by atoms with Gasteiger partial charge in [-0.1, -0.05) is 133 Å². The first-order chi connectivity index (χ1) is 32.2. The lowest BCUT2D eigenvalue weighted by atomic mass is 10.0. The molecule has 4 aromatic heterocycles. The summed E-state index contributed by atoms with van der Waals surface area (Å²) in [4.78, 5) is 15.1. The zero-order valence-electron chi connectivity index (χ0n) is 34.7. The monoisotopic (exact) mass is 830 g/mol. The first kappa shape index (κ1) is 36.5. The van der Waals surface area contributed by atoms with Gasteiger partial charge in [-0.15, -0.1) is 0 Å². The van der Waals surface area contributed by atoms with Gasteiger partial charge < -0.3 is 13.6 Å². The van der Waals surface area contributed by atoms with Crippen molar-refractivity contribution in [2.24, 2.45) is 0 Å². The van der Waals surface area contributed by atoms with Crippen molar-refractivity contribution < 1.29 is 4.42 Å². The summed E-state index contributed by atoms with van der Waals surface area (Å²) in [6.45, 7) is 0. The van der Waals surface area contributed by atoms with Gasteiger partial charge in [-0.25, -0.2) is 15.0 Å². The number of rotatable bonds is 6. The van der Waals surface area contributed by atoms with Crippen LogP contribution < -0.4 is 0 Å². The van der Waals surface area contributed by atoms with Crippen molar-refractivity contribution in [1.82, 2.24) is 24.1 Å². The molecule has 7 heteroatoms. The summed E-state index contributed by atoms with van der Waals surface area (Å²) < 4.78 is 11.5. The maximum atomic E-state index is 10.9. The van der Waals surface area contributed by atoms with Gasteiger partial charge in [0.1, 0.15) is 17.2 Å².